The van der Waals surface area contributed by atoms with Gasteiger partial charge < -0.3 is 5.32 Å². The Labute approximate surface area is 104 Å². The lowest BCUT2D eigenvalue weighted by Crippen LogP contribution is -2.16. The highest BCUT2D eigenvalue weighted by atomic mass is 32.1. The van der Waals surface area contributed by atoms with Crippen LogP contribution in [0.4, 0.5) is 13.2 Å². The number of halogens is 3. The van der Waals surface area contributed by atoms with E-state index in [9.17, 15) is 13.2 Å². The second kappa shape index (κ2) is 4.16. The molecule has 98 valence electrons. The van der Waals surface area contributed by atoms with Gasteiger partial charge in [-0.1, -0.05) is 11.3 Å². The van der Waals surface area contributed by atoms with Crippen LogP contribution in [0.3, 0.4) is 0 Å². The van der Waals surface area contributed by atoms with Crippen molar-refractivity contribution in [2.75, 3.05) is 6.54 Å². The van der Waals surface area contributed by atoms with Gasteiger partial charge in [-0.2, -0.15) is 22.8 Å². The number of rotatable bonds is 4. The Kier molecular flexibility index (Phi) is 2.74. The molecule has 9 heteroatoms. The summed E-state index contributed by atoms with van der Waals surface area (Å²) >= 11 is 1.12. The fourth-order valence-electron chi connectivity index (χ4n) is 1.61. The number of hydrogen-bond acceptors (Lipinski definition) is 5. The van der Waals surface area contributed by atoms with Crippen LogP contribution in [-0.2, 0) is 12.7 Å². The fourth-order valence-corrected chi connectivity index (χ4v) is 2.41. The van der Waals surface area contributed by atoms with Crippen molar-refractivity contribution in [2.45, 2.75) is 25.6 Å². The highest BCUT2D eigenvalue weighted by Crippen LogP contribution is 2.29. The van der Waals surface area contributed by atoms with Crippen molar-refractivity contribution < 1.29 is 13.2 Å². The van der Waals surface area contributed by atoms with Crippen LogP contribution in [0.1, 0.15) is 23.7 Å². The van der Waals surface area contributed by atoms with Crippen molar-refractivity contribution in [3.8, 4) is 0 Å². The van der Waals surface area contributed by atoms with Crippen molar-refractivity contribution in [1.82, 2.24) is 25.1 Å². The molecule has 2 heterocycles. The summed E-state index contributed by atoms with van der Waals surface area (Å²) in [7, 11) is 0. The van der Waals surface area contributed by atoms with Crippen LogP contribution >= 0.6 is 11.3 Å². The van der Waals surface area contributed by atoms with E-state index in [2.05, 4.69) is 20.6 Å². The molecule has 0 aliphatic heterocycles. The average Bonchev–Trinajstić information content (AvgIpc) is 2.84. The Morgan fingerprint density at radius 2 is 2.11 bits per heavy atom. The molecule has 0 spiro atoms. The molecule has 0 radical (unpaired) electrons. The second-order valence-electron chi connectivity index (χ2n) is 4.29. The molecular formula is C9H10F3N5S. The van der Waals surface area contributed by atoms with Gasteiger partial charge in [0.15, 0.2) is 0 Å². The summed E-state index contributed by atoms with van der Waals surface area (Å²) in [5.74, 6) is -0.344. The van der Waals surface area contributed by atoms with Gasteiger partial charge in [0.1, 0.15) is 5.01 Å². The molecule has 0 aromatic carbocycles. The predicted octanol–water partition coefficient (Wildman–Crippen LogP) is 1.70. The molecule has 0 atom stereocenters. The first kappa shape index (κ1) is 11.8. The smallest absolute Gasteiger partial charge is 0.310 e. The molecule has 0 amide bonds. The molecule has 18 heavy (non-hydrogen) atoms. The summed E-state index contributed by atoms with van der Waals surface area (Å²) < 4.78 is 38.4. The lowest BCUT2D eigenvalue weighted by atomic mass is 10.4. The molecular weight excluding hydrogens is 267 g/mol. The Morgan fingerprint density at radius 1 is 1.33 bits per heavy atom. The quantitative estimate of drug-likeness (QED) is 0.924. The van der Waals surface area contributed by atoms with E-state index in [1.807, 2.05) is 0 Å². The number of hydrogen-bond donors (Lipinski definition) is 1. The summed E-state index contributed by atoms with van der Waals surface area (Å²) in [6.07, 6.45) is -2.06. The molecule has 2 aromatic rings. The van der Waals surface area contributed by atoms with E-state index in [-0.39, 0.29) is 4.96 Å². The van der Waals surface area contributed by atoms with Gasteiger partial charge in [-0.3, -0.25) is 0 Å². The van der Waals surface area contributed by atoms with Crippen LogP contribution in [0, 0.1) is 5.92 Å². The van der Waals surface area contributed by atoms with E-state index < -0.39 is 12.0 Å². The molecule has 5 nitrogen and oxygen atoms in total. The standard InChI is InChI=1S/C9H10F3N5S/c10-9(11,12)7-14-15-8-17(7)16-6(18-8)4-13-3-5-1-2-5/h5,13H,1-4H2. The van der Waals surface area contributed by atoms with Gasteiger partial charge in [0.25, 0.3) is 5.82 Å². The minimum atomic E-state index is -4.52. The van der Waals surface area contributed by atoms with E-state index in [1.54, 1.807) is 0 Å². The molecule has 0 unspecified atom stereocenters. The normalized spacial score (nSPS) is 16.6. The zero-order chi connectivity index (χ0) is 12.8. The van der Waals surface area contributed by atoms with Crippen molar-refractivity contribution in [3.05, 3.63) is 10.8 Å². The van der Waals surface area contributed by atoms with Gasteiger partial charge >= 0.3 is 6.18 Å². The highest BCUT2D eigenvalue weighted by molar-refractivity contribution is 7.16. The van der Waals surface area contributed by atoms with Gasteiger partial charge in [0, 0.05) is 6.54 Å². The lowest BCUT2D eigenvalue weighted by molar-refractivity contribution is -0.146. The molecule has 1 aliphatic carbocycles. The highest BCUT2D eigenvalue weighted by Gasteiger charge is 2.38. The topological polar surface area (TPSA) is 55.1 Å². The number of alkyl halides is 3. The van der Waals surface area contributed by atoms with Crippen molar-refractivity contribution in [2.24, 2.45) is 5.92 Å². The molecule has 1 saturated carbocycles. The largest absolute Gasteiger partial charge is 0.453 e. The van der Waals surface area contributed by atoms with Gasteiger partial charge in [-0.15, -0.1) is 10.2 Å². The third-order valence-electron chi connectivity index (χ3n) is 2.69. The number of aromatic nitrogens is 4. The number of nitrogens with one attached hydrogen (secondary N) is 1. The predicted molar refractivity (Wildman–Crippen MR) is 58.1 cm³/mol. The summed E-state index contributed by atoms with van der Waals surface area (Å²) in [5, 5.41) is 14.2. The van der Waals surface area contributed by atoms with Gasteiger partial charge in [-0.25, -0.2) is 0 Å². The third kappa shape index (κ3) is 2.32. The maximum atomic E-state index is 12.6. The zero-order valence-corrected chi connectivity index (χ0v) is 10.1. The summed E-state index contributed by atoms with van der Waals surface area (Å²) in [6.45, 7) is 1.37. The Balaban J connectivity index is 1.75. The van der Waals surface area contributed by atoms with Crippen LogP contribution < -0.4 is 5.32 Å². The Morgan fingerprint density at radius 3 is 2.78 bits per heavy atom. The van der Waals surface area contributed by atoms with Crippen LogP contribution in [0.5, 0.6) is 0 Å². The zero-order valence-electron chi connectivity index (χ0n) is 9.24. The van der Waals surface area contributed by atoms with Crippen LogP contribution in [0.2, 0.25) is 0 Å². The van der Waals surface area contributed by atoms with Gasteiger partial charge in [0.05, 0.1) is 0 Å². The maximum absolute atomic E-state index is 12.6. The van der Waals surface area contributed by atoms with Gasteiger partial charge in [-0.05, 0) is 25.3 Å². The van der Waals surface area contributed by atoms with Crippen LogP contribution in [0.15, 0.2) is 0 Å². The Bertz CT molecular complexity index is 556. The average molecular weight is 277 g/mol. The first-order valence-corrected chi connectivity index (χ1v) is 6.35. The van der Waals surface area contributed by atoms with E-state index in [4.69, 9.17) is 0 Å². The third-order valence-corrected chi connectivity index (χ3v) is 3.59. The molecule has 0 bridgehead atoms. The first-order chi connectivity index (χ1) is 8.54. The summed E-state index contributed by atoms with van der Waals surface area (Å²) in [5.41, 5.74) is 0. The van der Waals surface area contributed by atoms with E-state index in [1.165, 1.54) is 12.8 Å². The molecule has 1 fully saturated rings. The summed E-state index contributed by atoms with van der Waals surface area (Å²) in [6, 6.07) is 0. The second-order valence-corrected chi connectivity index (χ2v) is 5.33. The van der Waals surface area contributed by atoms with E-state index >= 15 is 0 Å². The number of fused-ring (bicyclic) bond motifs is 1. The van der Waals surface area contributed by atoms with Crippen molar-refractivity contribution in [1.29, 1.82) is 0 Å². The SMILES string of the molecule is FC(F)(F)c1nnc2sc(CNCC3CC3)nn12. The first-order valence-electron chi connectivity index (χ1n) is 5.53. The Hall–Kier alpha value is -1.22. The van der Waals surface area contributed by atoms with Crippen molar-refractivity contribution in [3.63, 3.8) is 0 Å². The van der Waals surface area contributed by atoms with Crippen LogP contribution in [0.25, 0.3) is 4.96 Å². The molecule has 2 aromatic heterocycles. The number of nitrogens with zero attached hydrogens (tertiary/aromatic N) is 4. The molecule has 1 aliphatic rings. The molecule has 1 N–H and O–H groups in total. The van der Waals surface area contributed by atoms with E-state index in [0.717, 1.165) is 28.3 Å². The molecule has 0 saturated heterocycles. The molecule has 3 rings (SSSR count). The minimum absolute atomic E-state index is 0.172. The van der Waals surface area contributed by atoms with Gasteiger partial charge in [0.2, 0.25) is 4.96 Å². The fraction of sp³-hybridized carbons (Fsp3) is 0.667. The van der Waals surface area contributed by atoms with Crippen molar-refractivity contribution >= 4 is 16.3 Å². The minimum Gasteiger partial charge on any atom is -0.310 e. The maximum Gasteiger partial charge on any atom is 0.453 e. The van der Waals surface area contributed by atoms with Crippen LogP contribution in [-0.4, -0.2) is 26.4 Å². The monoisotopic (exact) mass is 277 g/mol. The lowest BCUT2D eigenvalue weighted by Gasteiger charge is -2.01. The van der Waals surface area contributed by atoms with E-state index in [0.29, 0.717) is 11.6 Å². The summed E-state index contributed by atoms with van der Waals surface area (Å²) in [4.78, 5) is 0.172.